The highest BCUT2D eigenvalue weighted by Crippen LogP contribution is 2.13. The van der Waals surface area contributed by atoms with Gasteiger partial charge in [0.1, 0.15) is 0 Å². The highest BCUT2D eigenvalue weighted by Gasteiger charge is 2.06. The van der Waals surface area contributed by atoms with Crippen LogP contribution in [0.1, 0.15) is 18.1 Å². The van der Waals surface area contributed by atoms with Crippen molar-refractivity contribution in [2.24, 2.45) is 0 Å². The van der Waals surface area contributed by atoms with Crippen LogP contribution in [0.5, 0.6) is 0 Å². The molecule has 0 radical (unpaired) electrons. The molecule has 0 heterocycles. The van der Waals surface area contributed by atoms with E-state index in [2.05, 4.69) is 12.2 Å². The third-order valence-corrected chi connectivity index (χ3v) is 3.51. The van der Waals surface area contributed by atoms with Crippen LogP contribution in [0.3, 0.4) is 0 Å². The molecule has 110 valence electrons. The molecule has 0 fully saturated rings. The standard InChI is InChI=1S/C16H17ClN2O2/c1-12(10-13-2-6-15(17)7-3-13)18-11-14-4-8-16(9-5-14)19(20)21/h2-9,12,18H,10-11H2,1H3. The maximum Gasteiger partial charge on any atom is 0.269 e. The fourth-order valence-electron chi connectivity index (χ4n) is 2.07. The van der Waals surface area contributed by atoms with Crippen LogP contribution < -0.4 is 5.32 Å². The van der Waals surface area contributed by atoms with E-state index in [1.165, 1.54) is 17.7 Å². The Morgan fingerprint density at radius 3 is 2.24 bits per heavy atom. The molecule has 2 aromatic rings. The number of nitro groups is 1. The van der Waals surface area contributed by atoms with Gasteiger partial charge in [-0.05, 0) is 36.6 Å². The summed E-state index contributed by atoms with van der Waals surface area (Å²) in [4.78, 5) is 10.2. The molecule has 0 aliphatic rings. The number of nitrogens with one attached hydrogen (secondary N) is 1. The quantitative estimate of drug-likeness (QED) is 0.649. The molecule has 0 amide bonds. The van der Waals surface area contributed by atoms with Gasteiger partial charge in [0.2, 0.25) is 0 Å². The van der Waals surface area contributed by atoms with Crippen molar-refractivity contribution in [1.29, 1.82) is 0 Å². The first-order chi connectivity index (χ1) is 10.0. The van der Waals surface area contributed by atoms with Crippen molar-refractivity contribution in [1.82, 2.24) is 5.32 Å². The molecule has 0 spiro atoms. The summed E-state index contributed by atoms with van der Waals surface area (Å²) in [6.07, 6.45) is 0.907. The Morgan fingerprint density at radius 1 is 1.10 bits per heavy atom. The van der Waals surface area contributed by atoms with E-state index in [1.807, 2.05) is 24.3 Å². The van der Waals surface area contributed by atoms with Crippen LogP contribution in [0.15, 0.2) is 48.5 Å². The summed E-state index contributed by atoms with van der Waals surface area (Å²) in [7, 11) is 0. The first-order valence-corrected chi connectivity index (χ1v) is 7.13. The second-order valence-corrected chi connectivity index (χ2v) is 5.47. The molecule has 0 saturated heterocycles. The van der Waals surface area contributed by atoms with Gasteiger partial charge in [-0.2, -0.15) is 0 Å². The smallest absolute Gasteiger partial charge is 0.269 e. The lowest BCUT2D eigenvalue weighted by Crippen LogP contribution is -2.27. The lowest BCUT2D eigenvalue weighted by Gasteiger charge is -2.14. The van der Waals surface area contributed by atoms with Crippen LogP contribution in [-0.4, -0.2) is 11.0 Å². The predicted molar refractivity (Wildman–Crippen MR) is 84.6 cm³/mol. The first-order valence-electron chi connectivity index (χ1n) is 6.76. The highest BCUT2D eigenvalue weighted by atomic mass is 35.5. The molecule has 5 heteroatoms. The van der Waals surface area contributed by atoms with Gasteiger partial charge in [0, 0.05) is 29.7 Å². The van der Waals surface area contributed by atoms with Crippen molar-refractivity contribution in [3.05, 3.63) is 74.8 Å². The van der Waals surface area contributed by atoms with E-state index in [1.54, 1.807) is 12.1 Å². The van der Waals surface area contributed by atoms with E-state index >= 15 is 0 Å². The third-order valence-electron chi connectivity index (χ3n) is 3.26. The zero-order valence-corrected chi connectivity index (χ0v) is 12.5. The minimum absolute atomic E-state index is 0.118. The lowest BCUT2D eigenvalue weighted by molar-refractivity contribution is -0.384. The SMILES string of the molecule is CC(Cc1ccc(Cl)cc1)NCc1ccc([N+](=O)[O-])cc1. The number of hydrogen-bond donors (Lipinski definition) is 1. The molecule has 1 N–H and O–H groups in total. The average molecular weight is 305 g/mol. The van der Waals surface area contributed by atoms with Crippen LogP contribution in [0, 0.1) is 10.1 Å². The van der Waals surface area contributed by atoms with Gasteiger partial charge in [-0.3, -0.25) is 10.1 Å². The van der Waals surface area contributed by atoms with Crippen LogP contribution >= 0.6 is 11.6 Å². The summed E-state index contributed by atoms with van der Waals surface area (Å²) in [5, 5.41) is 14.7. The molecule has 21 heavy (non-hydrogen) atoms. The van der Waals surface area contributed by atoms with Crippen molar-refractivity contribution in [2.45, 2.75) is 25.9 Å². The molecule has 2 rings (SSSR count). The van der Waals surface area contributed by atoms with Crippen LogP contribution in [0.4, 0.5) is 5.69 Å². The van der Waals surface area contributed by atoms with E-state index in [-0.39, 0.29) is 10.6 Å². The van der Waals surface area contributed by atoms with Gasteiger partial charge in [-0.1, -0.05) is 35.9 Å². The summed E-state index contributed by atoms with van der Waals surface area (Å²) in [5.74, 6) is 0. The Kier molecular flexibility index (Phi) is 5.31. The number of benzene rings is 2. The van der Waals surface area contributed by atoms with Crippen molar-refractivity contribution in [2.75, 3.05) is 0 Å². The largest absolute Gasteiger partial charge is 0.310 e. The molecule has 0 aliphatic carbocycles. The fourth-order valence-corrected chi connectivity index (χ4v) is 2.20. The molecule has 0 aliphatic heterocycles. The Labute approximate surface area is 128 Å². The van der Waals surface area contributed by atoms with E-state index < -0.39 is 0 Å². The summed E-state index contributed by atoms with van der Waals surface area (Å²) < 4.78 is 0. The second-order valence-electron chi connectivity index (χ2n) is 5.04. The number of hydrogen-bond acceptors (Lipinski definition) is 3. The Morgan fingerprint density at radius 2 is 1.67 bits per heavy atom. The Balaban J connectivity index is 1.84. The van der Waals surface area contributed by atoms with Crippen LogP contribution in [0.2, 0.25) is 5.02 Å². The monoisotopic (exact) mass is 304 g/mol. The summed E-state index contributed by atoms with van der Waals surface area (Å²) in [6.45, 7) is 2.80. The molecular formula is C16H17ClN2O2. The topological polar surface area (TPSA) is 55.2 Å². The number of non-ortho nitro benzene ring substituents is 1. The highest BCUT2D eigenvalue weighted by molar-refractivity contribution is 6.30. The Bertz CT molecular complexity index is 597. The van der Waals surface area contributed by atoms with Crippen molar-refractivity contribution in [3.63, 3.8) is 0 Å². The number of nitrogens with zero attached hydrogens (tertiary/aromatic N) is 1. The normalized spacial score (nSPS) is 12.1. The van der Waals surface area contributed by atoms with E-state index in [9.17, 15) is 10.1 Å². The molecule has 2 aromatic carbocycles. The third kappa shape index (κ3) is 4.85. The zero-order chi connectivity index (χ0) is 15.2. The molecule has 4 nitrogen and oxygen atoms in total. The summed E-state index contributed by atoms with van der Waals surface area (Å²) in [5.41, 5.74) is 2.37. The van der Waals surface area contributed by atoms with Gasteiger partial charge in [-0.25, -0.2) is 0 Å². The predicted octanol–water partition coefficient (Wildman–Crippen LogP) is 3.97. The van der Waals surface area contributed by atoms with Gasteiger partial charge < -0.3 is 5.32 Å². The van der Waals surface area contributed by atoms with Crippen LogP contribution in [0.25, 0.3) is 0 Å². The van der Waals surface area contributed by atoms with Gasteiger partial charge in [-0.15, -0.1) is 0 Å². The second kappa shape index (κ2) is 7.20. The average Bonchev–Trinajstić information content (AvgIpc) is 2.48. The van der Waals surface area contributed by atoms with Crippen molar-refractivity contribution < 1.29 is 4.92 Å². The van der Waals surface area contributed by atoms with Gasteiger partial charge in [0.15, 0.2) is 0 Å². The first kappa shape index (κ1) is 15.5. The lowest BCUT2D eigenvalue weighted by atomic mass is 10.1. The molecule has 1 atom stereocenters. The summed E-state index contributed by atoms with van der Waals surface area (Å²) in [6, 6.07) is 14.7. The van der Waals surface area contributed by atoms with Crippen molar-refractivity contribution in [3.8, 4) is 0 Å². The van der Waals surface area contributed by atoms with Gasteiger partial charge >= 0.3 is 0 Å². The maximum atomic E-state index is 10.6. The van der Waals surface area contributed by atoms with Gasteiger partial charge in [0.25, 0.3) is 5.69 Å². The van der Waals surface area contributed by atoms with E-state index in [4.69, 9.17) is 11.6 Å². The fraction of sp³-hybridized carbons (Fsp3) is 0.250. The van der Waals surface area contributed by atoms with E-state index in [0.29, 0.717) is 12.6 Å². The van der Waals surface area contributed by atoms with Gasteiger partial charge in [0.05, 0.1) is 4.92 Å². The van der Waals surface area contributed by atoms with Crippen molar-refractivity contribution >= 4 is 17.3 Å². The molecular weight excluding hydrogens is 288 g/mol. The molecule has 1 unspecified atom stereocenters. The zero-order valence-electron chi connectivity index (χ0n) is 11.8. The van der Waals surface area contributed by atoms with Crippen LogP contribution in [-0.2, 0) is 13.0 Å². The van der Waals surface area contributed by atoms with E-state index in [0.717, 1.165) is 17.0 Å². The minimum Gasteiger partial charge on any atom is -0.310 e. The number of nitro benzene ring substituents is 1. The maximum absolute atomic E-state index is 10.6. The summed E-state index contributed by atoms with van der Waals surface area (Å²) >= 11 is 5.86. The number of halogens is 1. The Hall–Kier alpha value is -1.91. The minimum atomic E-state index is -0.389. The number of rotatable bonds is 6. The molecule has 0 saturated carbocycles. The molecule has 0 aromatic heterocycles. The molecule has 0 bridgehead atoms.